The van der Waals surface area contributed by atoms with Crippen LogP contribution in [0.25, 0.3) is 0 Å². The molecule has 2 N–H and O–H groups in total. The maximum absolute atomic E-state index is 11.5. The SMILES string of the molecule is CC(C(=O)NCCCCC(=O)O)C1CC1. The molecule has 1 fully saturated rings. The van der Waals surface area contributed by atoms with Crippen molar-refractivity contribution in [2.24, 2.45) is 11.8 Å². The summed E-state index contributed by atoms with van der Waals surface area (Å²) in [7, 11) is 0. The van der Waals surface area contributed by atoms with E-state index in [2.05, 4.69) is 5.32 Å². The molecule has 1 rings (SSSR count). The molecule has 1 atom stereocenters. The Morgan fingerprint density at radius 3 is 2.60 bits per heavy atom. The fraction of sp³-hybridized carbons (Fsp3) is 0.818. The number of nitrogens with one attached hydrogen (secondary N) is 1. The quantitative estimate of drug-likeness (QED) is 0.628. The molecule has 1 amide bonds. The van der Waals surface area contributed by atoms with E-state index in [1.165, 1.54) is 12.8 Å². The van der Waals surface area contributed by atoms with Crippen molar-refractivity contribution in [3.05, 3.63) is 0 Å². The van der Waals surface area contributed by atoms with E-state index in [0.717, 1.165) is 6.42 Å². The topological polar surface area (TPSA) is 66.4 Å². The summed E-state index contributed by atoms with van der Waals surface area (Å²) < 4.78 is 0. The van der Waals surface area contributed by atoms with E-state index in [-0.39, 0.29) is 18.2 Å². The fourth-order valence-corrected chi connectivity index (χ4v) is 1.58. The van der Waals surface area contributed by atoms with Crippen LogP contribution in [0.1, 0.15) is 39.0 Å². The summed E-state index contributed by atoms with van der Waals surface area (Å²) in [6.45, 7) is 2.56. The second-order valence-corrected chi connectivity index (χ2v) is 4.27. The Labute approximate surface area is 90.0 Å². The molecule has 86 valence electrons. The van der Waals surface area contributed by atoms with Gasteiger partial charge in [-0.05, 0) is 31.6 Å². The molecular formula is C11H19NO3. The van der Waals surface area contributed by atoms with Crippen molar-refractivity contribution in [3.63, 3.8) is 0 Å². The van der Waals surface area contributed by atoms with Gasteiger partial charge < -0.3 is 10.4 Å². The number of carboxylic acids is 1. The minimum atomic E-state index is -0.771. The maximum atomic E-state index is 11.5. The Bertz CT molecular complexity index is 236. The summed E-state index contributed by atoms with van der Waals surface area (Å²) in [5, 5.41) is 11.2. The summed E-state index contributed by atoms with van der Waals surface area (Å²) in [4.78, 5) is 21.7. The fourth-order valence-electron chi connectivity index (χ4n) is 1.58. The molecule has 0 aromatic carbocycles. The predicted molar refractivity (Wildman–Crippen MR) is 56.4 cm³/mol. The van der Waals surface area contributed by atoms with Gasteiger partial charge in [-0.15, -0.1) is 0 Å². The van der Waals surface area contributed by atoms with Crippen LogP contribution in [0.2, 0.25) is 0 Å². The Morgan fingerprint density at radius 1 is 1.40 bits per heavy atom. The molecule has 1 unspecified atom stereocenters. The summed E-state index contributed by atoms with van der Waals surface area (Å²) in [5.74, 6) is 0.0639. The third-order valence-corrected chi connectivity index (χ3v) is 2.86. The minimum absolute atomic E-state index is 0.118. The van der Waals surface area contributed by atoms with Gasteiger partial charge in [0.2, 0.25) is 5.91 Å². The average Bonchev–Trinajstić information content (AvgIpc) is 2.98. The Hall–Kier alpha value is -1.06. The van der Waals surface area contributed by atoms with E-state index >= 15 is 0 Å². The highest BCUT2D eigenvalue weighted by molar-refractivity contribution is 5.78. The van der Waals surface area contributed by atoms with Crippen molar-refractivity contribution >= 4 is 11.9 Å². The van der Waals surface area contributed by atoms with Crippen LogP contribution < -0.4 is 5.32 Å². The second-order valence-electron chi connectivity index (χ2n) is 4.27. The molecule has 4 heteroatoms. The molecule has 0 aromatic rings. The summed E-state index contributed by atoms with van der Waals surface area (Å²) in [5.41, 5.74) is 0. The van der Waals surface area contributed by atoms with Gasteiger partial charge in [0.15, 0.2) is 0 Å². The van der Waals surface area contributed by atoms with Crippen LogP contribution in [0.15, 0.2) is 0 Å². The lowest BCUT2D eigenvalue weighted by molar-refractivity contribution is -0.137. The number of unbranched alkanes of at least 4 members (excludes halogenated alkanes) is 1. The molecule has 0 saturated heterocycles. The molecular weight excluding hydrogens is 194 g/mol. The maximum Gasteiger partial charge on any atom is 0.303 e. The van der Waals surface area contributed by atoms with Gasteiger partial charge in [-0.3, -0.25) is 9.59 Å². The molecule has 15 heavy (non-hydrogen) atoms. The molecule has 0 spiro atoms. The van der Waals surface area contributed by atoms with Crippen molar-refractivity contribution < 1.29 is 14.7 Å². The molecule has 0 heterocycles. The molecule has 1 aliphatic carbocycles. The van der Waals surface area contributed by atoms with Crippen molar-refractivity contribution in [2.45, 2.75) is 39.0 Å². The highest BCUT2D eigenvalue weighted by Gasteiger charge is 2.32. The van der Waals surface area contributed by atoms with Crippen LogP contribution in [0.4, 0.5) is 0 Å². The van der Waals surface area contributed by atoms with E-state index < -0.39 is 5.97 Å². The smallest absolute Gasteiger partial charge is 0.303 e. The first kappa shape index (κ1) is 12.0. The van der Waals surface area contributed by atoms with Crippen LogP contribution in [-0.2, 0) is 9.59 Å². The Kier molecular flexibility index (Phi) is 4.59. The lowest BCUT2D eigenvalue weighted by atomic mass is 10.1. The largest absolute Gasteiger partial charge is 0.481 e. The lowest BCUT2D eigenvalue weighted by Crippen LogP contribution is -2.31. The van der Waals surface area contributed by atoms with Crippen molar-refractivity contribution in [1.82, 2.24) is 5.32 Å². The molecule has 1 aliphatic rings. The first-order valence-corrected chi connectivity index (χ1v) is 5.60. The van der Waals surface area contributed by atoms with Crippen LogP contribution in [-0.4, -0.2) is 23.5 Å². The van der Waals surface area contributed by atoms with Crippen molar-refractivity contribution in [3.8, 4) is 0 Å². The van der Waals surface area contributed by atoms with E-state index in [9.17, 15) is 9.59 Å². The van der Waals surface area contributed by atoms with Gasteiger partial charge in [0.1, 0.15) is 0 Å². The predicted octanol–water partition coefficient (Wildman–Crippen LogP) is 1.40. The van der Waals surface area contributed by atoms with E-state index in [1.807, 2.05) is 6.92 Å². The molecule has 0 bridgehead atoms. The average molecular weight is 213 g/mol. The molecule has 0 aliphatic heterocycles. The van der Waals surface area contributed by atoms with Gasteiger partial charge >= 0.3 is 5.97 Å². The van der Waals surface area contributed by atoms with Gasteiger partial charge in [0.05, 0.1) is 0 Å². The van der Waals surface area contributed by atoms with Gasteiger partial charge in [-0.1, -0.05) is 6.92 Å². The second kappa shape index (κ2) is 5.73. The lowest BCUT2D eigenvalue weighted by Gasteiger charge is -2.10. The monoisotopic (exact) mass is 213 g/mol. The molecule has 0 aromatic heterocycles. The van der Waals surface area contributed by atoms with Crippen molar-refractivity contribution in [2.75, 3.05) is 6.54 Å². The van der Waals surface area contributed by atoms with Crippen molar-refractivity contribution in [1.29, 1.82) is 0 Å². The standard InChI is InChI=1S/C11H19NO3/c1-8(9-5-6-9)11(15)12-7-3-2-4-10(13)14/h8-9H,2-7H2,1H3,(H,12,15)(H,13,14). The zero-order valence-corrected chi connectivity index (χ0v) is 9.16. The number of rotatable bonds is 7. The first-order valence-electron chi connectivity index (χ1n) is 5.60. The number of aliphatic carboxylic acids is 1. The first-order chi connectivity index (χ1) is 7.11. The third kappa shape index (κ3) is 4.81. The zero-order valence-electron chi connectivity index (χ0n) is 9.16. The summed E-state index contributed by atoms with van der Waals surface area (Å²) in [6, 6.07) is 0. The van der Waals surface area contributed by atoms with Crippen LogP contribution in [0.5, 0.6) is 0 Å². The Morgan fingerprint density at radius 2 is 2.07 bits per heavy atom. The molecule has 4 nitrogen and oxygen atoms in total. The van der Waals surface area contributed by atoms with E-state index in [4.69, 9.17) is 5.11 Å². The number of hydrogen-bond donors (Lipinski definition) is 2. The van der Waals surface area contributed by atoms with Gasteiger partial charge in [-0.2, -0.15) is 0 Å². The summed E-state index contributed by atoms with van der Waals surface area (Å²) in [6.07, 6.45) is 3.91. The molecule has 0 radical (unpaired) electrons. The minimum Gasteiger partial charge on any atom is -0.481 e. The van der Waals surface area contributed by atoms with E-state index in [1.54, 1.807) is 0 Å². The highest BCUT2D eigenvalue weighted by atomic mass is 16.4. The van der Waals surface area contributed by atoms with Gasteiger partial charge in [-0.25, -0.2) is 0 Å². The Balaban J connectivity index is 1.99. The van der Waals surface area contributed by atoms with Crippen LogP contribution in [0.3, 0.4) is 0 Å². The number of carbonyl (C=O) groups excluding carboxylic acids is 1. The normalized spacial score (nSPS) is 17.1. The number of amides is 1. The number of carboxylic acid groups (broad SMARTS) is 1. The van der Waals surface area contributed by atoms with Crippen LogP contribution in [0, 0.1) is 11.8 Å². The summed E-state index contributed by atoms with van der Waals surface area (Å²) >= 11 is 0. The molecule has 1 saturated carbocycles. The third-order valence-electron chi connectivity index (χ3n) is 2.86. The van der Waals surface area contributed by atoms with Gasteiger partial charge in [0.25, 0.3) is 0 Å². The zero-order chi connectivity index (χ0) is 11.3. The number of hydrogen-bond acceptors (Lipinski definition) is 2. The van der Waals surface area contributed by atoms with Crippen LogP contribution >= 0.6 is 0 Å². The van der Waals surface area contributed by atoms with Gasteiger partial charge in [0, 0.05) is 18.9 Å². The number of carbonyl (C=O) groups is 2. The van der Waals surface area contributed by atoms with E-state index in [0.29, 0.717) is 18.9 Å². The highest BCUT2D eigenvalue weighted by Crippen LogP contribution is 2.36.